The van der Waals surface area contributed by atoms with E-state index in [2.05, 4.69) is 27.9 Å². The van der Waals surface area contributed by atoms with Crippen LogP contribution in [0.3, 0.4) is 0 Å². The van der Waals surface area contributed by atoms with Gasteiger partial charge in [-0.3, -0.25) is 14.9 Å². The van der Waals surface area contributed by atoms with Crippen LogP contribution in [0, 0.1) is 25.0 Å². The first kappa shape index (κ1) is 22.4. The summed E-state index contributed by atoms with van der Waals surface area (Å²) in [6.07, 6.45) is 1.36. The Morgan fingerprint density at radius 1 is 1.41 bits per heavy atom. The number of nitrogens with one attached hydrogen (secondary N) is 1. The van der Waals surface area contributed by atoms with Crippen molar-refractivity contribution in [1.82, 2.24) is 0 Å². The number of nitro benzene ring substituents is 1. The van der Waals surface area contributed by atoms with Crippen molar-refractivity contribution in [1.29, 1.82) is 5.26 Å². The summed E-state index contributed by atoms with van der Waals surface area (Å²) in [5.41, 5.74) is -0.145. The SMILES string of the molecule is CCOc1c(I)cc(/C=C(\C#N)C(=O)Nc2ccc(Cl)cc2[N+](=O)[O-])cc1OC. The lowest BCUT2D eigenvalue weighted by Gasteiger charge is -2.12. The highest BCUT2D eigenvalue weighted by atomic mass is 127. The van der Waals surface area contributed by atoms with E-state index in [0.29, 0.717) is 23.7 Å². The molecule has 1 amide bonds. The molecule has 0 aliphatic carbocycles. The largest absolute Gasteiger partial charge is 0.493 e. The van der Waals surface area contributed by atoms with Gasteiger partial charge in [-0.2, -0.15) is 5.26 Å². The fourth-order valence-electron chi connectivity index (χ4n) is 2.37. The maximum atomic E-state index is 12.5. The van der Waals surface area contributed by atoms with E-state index < -0.39 is 10.8 Å². The van der Waals surface area contributed by atoms with Gasteiger partial charge >= 0.3 is 0 Å². The molecular formula is C19H15ClIN3O5. The number of rotatable bonds is 7. The first-order valence-corrected chi connectivity index (χ1v) is 9.63. The van der Waals surface area contributed by atoms with E-state index in [1.165, 1.54) is 25.3 Å². The van der Waals surface area contributed by atoms with Gasteiger partial charge in [0.25, 0.3) is 11.6 Å². The molecule has 150 valence electrons. The van der Waals surface area contributed by atoms with Crippen LogP contribution in [0.5, 0.6) is 11.5 Å². The Labute approximate surface area is 185 Å². The number of carbonyl (C=O) groups excluding carboxylic acids is 1. The van der Waals surface area contributed by atoms with Crippen molar-refractivity contribution in [3.05, 3.63) is 60.2 Å². The van der Waals surface area contributed by atoms with Gasteiger partial charge in [-0.25, -0.2) is 0 Å². The van der Waals surface area contributed by atoms with Gasteiger partial charge in [0.15, 0.2) is 11.5 Å². The minimum Gasteiger partial charge on any atom is -0.493 e. The first-order chi connectivity index (χ1) is 13.8. The van der Waals surface area contributed by atoms with E-state index in [9.17, 15) is 20.2 Å². The van der Waals surface area contributed by atoms with Gasteiger partial charge in [-0.1, -0.05) is 11.6 Å². The Kier molecular flexibility index (Phi) is 7.81. The molecule has 0 radical (unpaired) electrons. The van der Waals surface area contributed by atoms with Crippen LogP contribution in [-0.2, 0) is 4.79 Å². The van der Waals surface area contributed by atoms with E-state index in [1.807, 2.05) is 6.92 Å². The zero-order valence-corrected chi connectivity index (χ0v) is 18.3. The quantitative estimate of drug-likeness (QED) is 0.182. The standard InChI is InChI=1S/C19H15ClIN3O5/c1-3-29-18-14(21)7-11(8-17(18)28-2)6-12(10-22)19(25)23-15-5-4-13(20)9-16(15)24(26)27/h4-9H,3H2,1-2H3,(H,23,25)/b12-6+. The van der Waals surface area contributed by atoms with Gasteiger partial charge in [0.1, 0.15) is 17.3 Å². The molecule has 2 aromatic rings. The molecule has 0 fully saturated rings. The molecule has 0 aromatic heterocycles. The van der Waals surface area contributed by atoms with Gasteiger partial charge in [0, 0.05) is 11.1 Å². The second-order valence-electron chi connectivity index (χ2n) is 5.51. The Morgan fingerprint density at radius 3 is 2.72 bits per heavy atom. The average molecular weight is 528 g/mol. The van der Waals surface area contributed by atoms with Crippen LogP contribution in [0.2, 0.25) is 5.02 Å². The summed E-state index contributed by atoms with van der Waals surface area (Å²) >= 11 is 7.83. The molecule has 0 aliphatic rings. The number of halogens is 2. The third kappa shape index (κ3) is 5.58. The third-order valence-corrected chi connectivity index (χ3v) is 4.66. The smallest absolute Gasteiger partial charge is 0.294 e. The average Bonchev–Trinajstić information content (AvgIpc) is 2.68. The molecule has 0 saturated carbocycles. The number of amides is 1. The van der Waals surface area contributed by atoms with Crippen LogP contribution in [0.15, 0.2) is 35.9 Å². The van der Waals surface area contributed by atoms with Crippen molar-refractivity contribution in [2.45, 2.75) is 6.92 Å². The maximum Gasteiger partial charge on any atom is 0.294 e. The monoisotopic (exact) mass is 527 g/mol. The molecule has 8 nitrogen and oxygen atoms in total. The zero-order chi connectivity index (χ0) is 21.6. The summed E-state index contributed by atoms with van der Waals surface area (Å²) in [5, 5.41) is 23.1. The number of nitrogens with zero attached hydrogens (tertiary/aromatic N) is 2. The highest BCUT2D eigenvalue weighted by Crippen LogP contribution is 2.35. The minimum atomic E-state index is -0.791. The Bertz CT molecular complexity index is 1030. The lowest BCUT2D eigenvalue weighted by molar-refractivity contribution is -0.383. The van der Waals surface area contributed by atoms with E-state index in [0.717, 1.165) is 9.64 Å². The predicted octanol–water partition coefficient (Wildman–Crippen LogP) is 4.81. The van der Waals surface area contributed by atoms with Crippen LogP contribution >= 0.6 is 34.2 Å². The number of carbonyl (C=O) groups is 1. The van der Waals surface area contributed by atoms with Crippen molar-refractivity contribution in [3.63, 3.8) is 0 Å². The number of methoxy groups -OCH3 is 1. The molecule has 1 N–H and O–H groups in total. The number of nitro groups is 1. The third-order valence-electron chi connectivity index (χ3n) is 3.62. The maximum absolute atomic E-state index is 12.5. The molecule has 2 rings (SSSR count). The van der Waals surface area contributed by atoms with Crippen molar-refractivity contribution in [2.24, 2.45) is 0 Å². The summed E-state index contributed by atoms with van der Waals surface area (Å²) in [5.74, 6) is 0.226. The first-order valence-electron chi connectivity index (χ1n) is 8.18. The van der Waals surface area contributed by atoms with Crippen molar-refractivity contribution in [2.75, 3.05) is 19.0 Å². The molecule has 10 heteroatoms. The van der Waals surface area contributed by atoms with Gasteiger partial charge in [0.05, 0.1) is 22.2 Å². The van der Waals surface area contributed by atoms with Gasteiger partial charge in [-0.15, -0.1) is 0 Å². The van der Waals surface area contributed by atoms with Gasteiger partial charge in [-0.05, 0) is 65.4 Å². The molecule has 0 atom stereocenters. The molecule has 0 saturated heterocycles. The number of anilines is 1. The molecule has 2 aromatic carbocycles. The molecule has 0 bridgehead atoms. The predicted molar refractivity (Wildman–Crippen MR) is 117 cm³/mol. The van der Waals surface area contributed by atoms with Crippen LogP contribution in [0.25, 0.3) is 6.08 Å². The highest BCUT2D eigenvalue weighted by molar-refractivity contribution is 14.1. The van der Waals surface area contributed by atoms with E-state index in [-0.39, 0.29) is 22.0 Å². The van der Waals surface area contributed by atoms with E-state index >= 15 is 0 Å². The van der Waals surface area contributed by atoms with Crippen molar-refractivity contribution in [3.8, 4) is 17.6 Å². The molecule has 0 heterocycles. The number of hydrogen-bond acceptors (Lipinski definition) is 6. The number of benzene rings is 2. The van der Waals surface area contributed by atoms with Crippen LogP contribution in [0.1, 0.15) is 12.5 Å². The Morgan fingerprint density at radius 2 is 2.14 bits per heavy atom. The molecule has 0 unspecified atom stereocenters. The summed E-state index contributed by atoms with van der Waals surface area (Å²) in [6, 6.07) is 8.98. The van der Waals surface area contributed by atoms with E-state index in [1.54, 1.807) is 18.2 Å². The topological polar surface area (TPSA) is 114 Å². The highest BCUT2D eigenvalue weighted by Gasteiger charge is 2.19. The van der Waals surface area contributed by atoms with Crippen LogP contribution < -0.4 is 14.8 Å². The fraction of sp³-hybridized carbons (Fsp3) is 0.158. The normalized spacial score (nSPS) is 10.8. The number of ether oxygens (including phenoxy) is 2. The second-order valence-corrected chi connectivity index (χ2v) is 7.11. The van der Waals surface area contributed by atoms with Crippen molar-refractivity contribution < 1.29 is 19.2 Å². The zero-order valence-electron chi connectivity index (χ0n) is 15.4. The molecular weight excluding hydrogens is 513 g/mol. The number of hydrogen-bond donors (Lipinski definition) is 1. The van der Waals surface area contributed by atoms with Gasteiger partial charge in [0.2, 0.25) is 0 Å². The van der Waals surface area contributed by atoms with E-state index in [4.69, 9.17) is 21.1 Å². The van der Waals surface area contributed by atoms with Crippen LogP contribution in [0.4, 0.5) is 11.4 Å². The Balaban J connectivity index is 2.38. The fourth-order valence-corrected chi connectivity index (χ4v) is 3.32. The minimum absolute atomic E-state index is 0.0654. The Hall–Kier alpha value is -2.84. The van der Waals surface area contributed by atoms with Crippen LogP contribution in [-0.4, -0.2) is 24.5 Å². The lowest BCUT2D eigenvalue weighted by atomic mass is 10.1. The van der Waals surface area contributed by atoms with Crippen molar-refractivity contribution >= 4 is 57.5 Å². The molecule has 0 spiro atoms. The summed E-state index contributed by atoms with van der Waals surface area (Å²) < 4.78 is 11.6. The second kappa shape index (κ2) is 10.1. The number of nitriles is 1. The summed E-state index contributed by atoms with van der Waals surface area (Å²) in [6.45, 7) is 2.30. The summed E-state index contributed by atoms with van der Waals surface area (Å²) in [7, 11) is 1.49. The lowest BCUT2D eigenvalue weighted by Crippen LogP contribution is -2.14. The molecule has 29 heavy (non-hydrogen) atoms. The molecule has 0 aliphatic heterocycles. The van der Waals surface area contributed by atoms with Gasteiger partial charge < -0.3 is 14.8 Å². The summed E-state index contributed by atoms with van der Waals surface area (Å²) in [4.78, 5) is 23.0.